The van der Waals surface area contributed by atoms with Crippen LogP contribution in [0, 0.1) is 0 Å². The minimum atomic E-state index is -0.405. The van der Waals surface area contributed by atoms with Gasteiger partial charge >= 0.3 is 5.97 Å². The van der Waals surface area contributed by atoms with Gasteiger partial charge < -0.3 is 10.1 Å². The second-order valence-electron chi connectivity index (χ2n) is 6.80. The number of halogens is 1. The Morgan fingerprint density at radius 2 is 1.91 bits per heavy atom. The number of nitrogens with one attached hydrogen (secondary N) is 1. The number of hydrogen-bond acceptors (Lipinski definition) is 6. The molecule has 0 saturated carbocycles. The maximum atomic E-state index is 12.7. The first-order valence-corrected chi connectivity index (χ1v) is 11.6. The highest BCUT2D eigenvalue weighted by Gasteiger charge is 2.31. The third-order valence-corrected chi connectivity index (χ3v) is 6.25. The van der Waals surface area contributed by atoms with Crippen LogP contribution in [0.25, 0.3) is 6.08 Å². The van der Waals surface area contributed by atoms with Crippen LogP contribution in [-0.2, 0) is 14.3 Å². The van der Waals surface area contributed by atoms with Gasteiger partial charge in [-0.15, -0.1) is 0 Å². The smallest absolute Gasteiger partial charge is 0.338 e. The third-order valence-electron chi connectivity index (χ3n) is 4.53. The Bertz CT molecular complexity index is 1070. The van der Waals surface area contributed by atoms with Crippen molar-refractivity contribution in [2.24, 2.45) is 0 Å². The molecule has 0 spiro atoms. The standard InChI is InChI=1S/C23H21ClN2O4S2/c1-2-30-22(29)15-9-11-17(12-10-15)25-20(27)8-5-13-26-21(28)19(32-23(26)31)14-16-6-3-4-7-18(16)24/h3-4,6-7,9-12,14H,2,5,8,13H2,1H3,(H,25,27)/b19-14+. The van der Waals surface area contributed by atoms with Gasteiger partial charge in [0, 0.05) is 23.7 Å². The van der Waals surface area contributed by atoms with E-state index in [1.54, 1.807) is 43.3 Å². The molecule has 3 rings (SSSR count). The van der Waals surface area contributed by atoms with E-state index in [0.717, 1.165) is 5.56 Å². The van der Waals surface area contributed by atoms with Crippen LogP contribution in [-0.4, -0.2) is 40.2 Å². The topological polar surface area (TPSA) is 75.7 Å². The molecule has 1 N–H and O–H groups in total. The van der Waals surface area contributed by atoms with E-state index in [1.165, 1.54) is 16.7 Å². The molecule has 0 radical (unpaired) electrons. The number of amides is 2. The Balaban J connectivity index is 1.50. The van der Waals surface area contributed by atoms with Gasteiger partial charge in [0.1, 0.15) is 4.32 Å². The van der Waals surface area contributed by atoms with Crippen molar-refractivity contribution in [3.8, 4) is 0 Å². The molecule has 9 heteroatoms. The fraction of sp³-hybridized carbons (Fsp3) is 0.217. The van der Waals surface area contributed by atoms with Crippen molar-refractivity contribution in [3.63, 3.8) is 0 Å². The van der Waals surface area contributed by atoms with E-state index in [4.69, 9.17) is 28.6 Å². The largest absolute Gasteiger partial charge is 0.462 e. The third kappa shape index (κ3) is 6.18. The number of benzene rings is 2. The molecular formula is C23H21ClN2O4S2. The first-order valence-electron chi connectivity index (χ1n) is 9.96. The number of esters is 1. The first-order chi connectivity index (χ1) is 15.4. The lowest BCUT2D eigenvalue weighted by atomic mass is 10.2. The summed E-state index contributed by atoms with van der Waals surface area (Å²) in [5, 5.41) is 3.34. The molecule has 1 fully saturated rings. The number of ether oxygens (including phenoxy) is 1. The highest BCUT2D eigenvalue weighted by molar-refractivity contribution is 8.26. The van der Waals surface area contributed by atoms with Crippen LogP contribution in [0.5, 0.6) is 0 Å². The zero-order valence-corrected chi connectivity index (χ0v) is 19.7. The number of thioether (sulfide) groups is 1. The lowest BCUT2D eigenvalue weighted by Gasteiger charge is -2.14. The van der Waals surface area contributed by atoms with Gasteiger partial charge in [-0.25, -0.2) is 4.79 Å². The van der Waals surface area contributed by atoms with Gasteiger partial charge in [0.15, 0.2) is 0 Å². The molecule has 2 aromatic carbocycles. The fourth-order valence-electron chi connectivity index (χ4n) is 2.95. The number of rotatable bonds is 8. The monoisotopic (exact) mass is 488 g/mol. The van der Waals surface area contributed by atoms with Gasteiger partial charge in [-0.2, -0.15) is 0 Å². The van der Waals surface area contributed by atoms with Crippen molar-refractivity contribution < 1.29 is 19.1 Å². The van der Waals surface area contributed by atoms with E-state index < -0.39 is 5.97 Å². The van der Waals surface area contributed by atoms with E-state index >= 15 is 0 Å². The van der Waals surface area contributed by atoms with Crippen LogP contribution in [0.2, 0.25) is 5.02 Å². The summed E-state index contributed by atoms with van der Waals surface area (Å²) in [4.78, 5) is 38.6. The quantitative estimate of drug-likeness (QED) is 0.315. The van der Waals surface area contributed by atoms with E-state index in [0.29, 0.717) is 45.1 Å². The molecule has 0 aliphatic carbocycles. The Morgan fingerprint density at radius 1 is 1.19 bits per heavy atom. The van der Waals surface area contributed by atoms with E-state index in [2.05, 4.69) is 5.32 Å². The number of anilines is 1. The van der Waals surface area contributed by atoms with Gasteiger partial charge in [-0.3, -0.25) is 14.5 Å². The highest BCUT2D eigenvalue weighted by Crippen LogP contribution is 2.33. The van der Waals surface area contributed by atoms with Gasteiger partial charge in [0.05, 0.1) is 17.1 Å². The van der Waals surface area contributed by atoms with E-state index in [-0.39, 0.29) is 18.2 Å². The Kier molecular flexibility index (Phi) is 8.44. The summed E-state index contributed by atoms with van der Waals surface area (Å²) in [5.74, 6) is -0.779. The van der Waals surface area contributed by atoms with E-state index in [1.807, 2.05) is 18.2 Å². The van der Waals surface area contributed by atoms with Crippen molar-refractivity contribution in [2.75, 3.05) is 18.5 Å². The fourth-order valence-corrected chi connectivity index (χ4v) is 4.44. The average molecular weight is 489 g/mol. The molecule has 32 heavy (non-hydrogen) atoms. The van der Waals surface area contributed by atoms with Crippen molar-refractivity contribution in [3.05, 3.63) is 69.6 Å². The predicted molar refractivity (Wildman–Crippen MR) is 132 cm³/mol. The molecule has 1 aliphatic heterocycles. The van der Waals surface area contributed by atoms with Crippen LogP contribution in [0.3, 0.4) is 0 Å². The molecule has 166 valence electrons. The summed E-state index contributed by atoms with van der Waals surface area (Å²) in [5.41, 5.74) is 1.75. The summed E-state index contributed by atoms with van der Waals surface area (Å²) in [7, 11) is 0. The van der Waals surface area contributed by atoms with Crippen LogP contribution < -0.4 is 5.32 Å². The van der Waals surface area contributed by atoms with Crippen molar-refractivity contribution >= 4 is 69.4 Å². The molecular weight excluding hydrogens is 468 g/mol. The average Bonchev–Trinajstić information content (AvgIpc) is 3.03. The number of hydrogen-bond donors (Lipinski definition) is 1. The number of thiocarbonyl (C=S) groups is 1. The maximum Gasteiger partial charge on any atom is 0.338 e. The normalized spacial score (nSPS) is 14.7. The van der Waals surface area contributed by atoms with Crippen molar-refractivity contribution in [1.29, 1.82) is 0 Å². The highest BCUT2D eigenvalue weighted by atomic mass is 35.5. The Hall–Kier alpha value is -2.68. The van der Waals surface area contributed by atoms with Crippen LogP contribution in [0.1, 0.15) is 35.7 Å². The maximum absolute atomic E-state index is 12.7. The molecule has 0 bridgehead atoms. The summed E-state index contributed by atoms with van der Waals surface area (Å²) in [6, 6.07) is 13.7. The van der Waals surface area contributed by atoms with Gasteiger partial charge in [-0.05, 0) is 55.3 Å². The lowest BCUT2D eigenvalue weighted by Crippen LogP contribution is -2.29. The van der Waals surface area contributed by atoms with Gasteiger partial charge in [-0.1, -0.05) is 53.8 Å². The molecule has 1 saturated heterocycles. The summed E-state index contributed by atoms with van der Waals surface area (Å²) < 4.78 is 5.39. The number of carbonyl (C=O) groups is 3. The molecule has 2 amide bonds. The minimum Gasteiger partial charge on any atom is -0.462 e. The Morgan fingerprint density at radius 3 is 2.59 bits per heavy atom. The zero-order valence-electron chi connectivity index (χ0n) is 17.3. The molecule has 0 unspecified atom stereocenters. The van der Waals surface area contributed by atoms with Crippen LogP contribution in [0.4, 0.5) is 5.69 Å². The lowest BCUT2D eigenvalue weighted by molar-refractivity contribution is -0.122. The second kappa shape index (κ2) is 11.3. The van der Waals surface area contributed by atoms with E-state index in [9.17, 15) is 14.4 Å². The molecule has 2 aromatic rings. The van der Waals surface area contributed by atoms with Crippen LogP contribution >= 0.6 is 35.6 Å². The molecule has 6 nitrogen and oxygen atoms in total. The van der Waals surface area contributed by atoms with Gasteiger partial charge in [0.25, 0.3) is 5.91 Å². The van der Waals surface area contributed by atoms with Crippen LogP contribution in [0.15, 0.2) is 53.4 Å². The molecule has 0 atom stereocenters. The SMILES string of the molecule is CCOC(=O)c1ccc(NC(=O)CCCN2C(=O)/C(=C\c3ccccc3Cl)SC2=S)cc1. The first kappa shape index (κ1) is 24.0. The van der Waals surface area contributed by atoms with Crippen molar-refractivity contribution in [2.45, 2.75) is 19.8 Å². The summed E-state index contributed by atoms with van der Waals surface area (Å²) >= 11 is 12.7. The van der Waals surface area contributed by atoms with Crippen molar-refractivity contribution in [1.82, 2.24) is 4.90 Å². The number of carbonyl (C=O) groups excluding carboxylic acids is 3. The second-order valence-corrected chi connectivity index (χ2v) is 8.89. The minimum absolute atomic E-state index is 0.185. The Labute approximate surface area is 201 Å². The molecule has 1 heterocycles. The summed E-state index contributed by atoms with van der Waals surface area (Å²) in [6.45, 7) is 2.39. The number of nitrogens with zero attached hydrogens (tertiary/aromatic N) is 1. The predicted octanol–water partition coefficient (Wildman–Crippen LogP) is 5.14. The molecule has 1 aliphatic rings. The summed E-state index contributed by atoms with van der Waals surface area (Å²) in [6.07, 6.45) is 2.41. The zero-order chi connectivity index (χ0) is 23.1. The van der Waals surface area contributed by atoms with Gasteiger partial charge in [0.2, 0.25) is 5.91 Å². The molecule has 0 aromatic heterocycles.